The number of aliphatic hydroxyl groups is 2. The van der Waals surface area contributed by atoms with Crippen LogP contribution in [0, 0.1) is 0 Å². The van der Waals surface area contributed by atoms with E-state index >= 15 is 0 Å². The first-order valence-corrected chi connectivity index (χ1v) is 4.26. The van der Waals surface area contributed by atoms with Crippen molar-refractivity contribution < 1.29 is 10.2 Å². The van der Waals surface area contributed by atoms with Crippen LogP contribution in [0.25, 0.3) is 0 Å². The predicted octanol–water partition coefficient (Wildman–Crippen LogP) is -0.744. The van der Waals surface area contributed by atoms with Crippen LogP contribution in [0.2, 0.25) is 0 Å². The molecule has 0 bridgehead atoms. The molecule has 1 aromatic heterocycles. The van der Waals surface area contributed by atoms with Crippen molar-refractivity contribution >= 4 is 0 Å². The Morgan fingerprint density at radius 3 is 2.85 bits per heavy atom. The lowest BCUT2D eigenvalue weighted by atomic mass is 10.1. The highest BCUT2D eigenvalue weighted by atomic mass is 16.3. The van der Waals surface area contributed by atoms with Gasteiger partial charge >= 0.3 is 0 Å². The summed E-state index contributed by atoms with van der Waals surface area (Å²) in [5.74, 6) is 0. The van der Waals surface area contributed by atoms with Gasteiger partial charge in [0.25, 0.3) is 0 Å². The third-order valence-corrected chi connectivity index (χ3v) is 1.94. The van der Waals surface area contributed by atoms with E-state index in [4.69, 9.17) is 10.8 Å². The first kappa shape index (κ1) is 10.2. The maximum atomic E-state index is 9.56. The van der Waals surface area contributed by atoms with Gasteiger partial charge in [0.2, 0.25) is 0 Å². The van der Waals surface area contributed by atoms with Gasteiger partial charge in [0, 0.05) is 18.3 Å². The zero-order valence-corrected chi connectivity index (χ0v) is 7.59. The molecular formula is C8H15N3O2. The molecule has 0 aliphatic heterocycles. The van der Waals surface area contributed by atoms with Crippen molar-refractivity contribution in [2.24, 2.45) is 5.73 Å². The number of nitrogens with zero attached hydrogens (tertiary/aromatic N) is 2. The zero-order valence-electron chi connectivity index (χ0n) is 7.59. The smallest absolute Gasteiger partial charge is 0.0993 e. The van der Waals surface area contributed by atoms with E-state index in [0.29, 0.717) is 5.56 Å². The Kier molecular flexibility index (Phi) is 3.41. The zero-order chi connectivity index (χ0) is 9.84. The van der Waals surface area contributed by atoms with E-state index in [1.807, 2.05) is 6.92 Å². The molecule has 0 aliphatic rings. The molecule has 2 atom stereocenters. The highest BCUT2D eigenvalue weighted by Crippen LogP contribution is 2.13. The molecule has 4 N–H and O–H groups in total. The molecule has 0 radical (unpaired) electrons. The van der Waals surface area contributed by atoms with Crippen molar-refractivity contribution in [3.63, 3.8) is 0 Å². The summed E-state index contributed by atoms with van der Waals surface area (Å²) >= 11 is 0. The van der Waals surface area contributed by atoms with Gasteiger partial charge in [0.15, 0.2) is 0 Å². The molecule has 1 aromatic rings. The maximum absolute atomic E-state index is 9.56. The molecule has 74 valence electrons. The molecule has 0 aromatic carbocycles. The number of hydrogen-bond donors (Lipinski definition) is 3. The Bertz CT molecular complexity index is 262. The van der Waals surface area contributed by atoms with E-state index in [0.717, 1.165) is 6.54 Å². The lowest BCUT2D eigenvalue weighted by molar-refractivity contribution is 0.109. The SMILES string of the molecule is CCn1cc(C(O)C(N)CO)cn1. The highest BCUT2D eigenvalue weighted by Gasteiger charge is 2.17. The van der Waals surface area contributed by atoms with Gasteiger partial charge in [0.1, 0.15) is 0 Å². The fraction of sp³-hybridized carbons (Fsp3) is 0.625. The second-order valence-electron chi connectivity index (χ2n) is 2.92. The van der Waals surface area contributed by atoms with Gasteiger partial charge in [-0.1, -0.05) is 0 Å². The third-order valence-electron chi connectivity index (χ3n) is 1.94. The van der Waals surface area contributed by atoms with Crippen LogP contribution in [-0.2, 0) is 6.54 Å². The molecule has 2 unspecified atom stereocenters. The molecular weight excluding hydrogens is 170 g/mol. The van der Waals surface area contributed by atoms with Crippen LogP contribution >= 0.6 is 0 Å². The van der Waals surface area contributed by atoms with E-state index in [2.05, 4.69) is 5.10 Å². The standard InChI is InChI=1S/C8H15N3O2/c1-2-11-4-6(3-10-11)8(13)7(9)5-12/h3-4,7-8,12-13H,2,5,9H2,1H3. The Balaban J connectivity index is 2.70. The molecule has 1 heterocycles. The molecule has 5 nitrogen and oxygen atoms in total. The fourth-order valence-corrected chi connectivity index (χ4v) is 1.05. The monoisotopic (exact) mass is 185 g/mol. The van der Waals surface area contributed by atoms with Gasteiger partial charge < -0.3 is 15.9 Å². The Morgan fingerprint density at radius 2 is 2.38 bits per heavy atom. The summed E-state index contributed by atoms with van der Waals surface area (Å²) in [7, 11) is 0. The maximum Gasteiger partial charge on any atom is 0.0993 e. The second kappa shape index (κ2) is 4.36. The number of rotatable bonds is 4. The minimum atomic E-state index is -0.842. The molecule has 13 heavy (non-hydrogen) atoms. The predicted molar refractivity (Wildman–Crippen MR) is 47.9 cm³/mol. The van der Waals surface area contributed by atoms with Crippen LogP contribution in [0.4, 0.5) is 0 Å². The average molecular weight is 185 g/mol. The number of aryl methyl sites for hydroxylation is 1. The third kappa shape index (κ3) is 2.27. The summed E-state index contributed by atoms with van der Waals surface area (Å²) in [6, 6.07) is -0.644. The van der Waals surface area contributed by atoms with E-state index in [1.54, 1.807) is 17.1 Å². The van der Waals surface area contributed by atoms with Crippen LogP contribution < -0.4 is 5.73 Å². The summed E-state index contributed by atoms with van der Waals surface area (Å²) < 4.78 is 1.70. The van der Waals surface area contributed by atoms with Crippen LogP contribution in [0.1, 0.15) is 18.6 Å². The lowest BCUT2D eigenvalue weighted by Gasteiger charge is -2.14. The molecule has 0 saturated carbocycles. The van der Waals surface area contributed by atoms with Crippen LogP contribution in [0.15, 0.2) is 12.4 Å². The van der Waals surface area contributed by atoms with E-state index in [1.165, 1.54) is 0 Å². The van der Waals surface area contributed by atoms with Crippen molar-refractivity contribution in [3.05, 3.63) is 18.0 Å². The van der Waals surface area contributed by atoms with E-state index in [9.17, 15) is 5.11 Å². The van der Waals surface area contributed by atoms with Gasteiger partial charge in [-0.2, -0.15) is 5.10 Å². The normalized spacial score (nSPS) is 15.7. The Labute approximate surface area is 76.8 Å². The summed E-state index contributed by atoms with van der Waals surface area (Å²) in [6.07, 6.45) is 2.44. The van der Waals surface area contributed by atoms with Crippen molar-refractivity contribution in [3.8, 4) is 0 Å². The lowest BCUT2D eigenvalue weighted by Crippen LogP contribution is -2.31. The first-order valence-electron chi connectivity index (χ1n) is 4.26. The molecule has 0 aliphatic carbocycles. The number of aromatic nitrogens is 2. The largest absolute Gasteiger partial charge is 0.395 e. The van der Waals surface area contributed by atoms with Crippen molar-refractivity contribution in [2.45, 2.75) is 25.6 Å². The number of aliphatic hydroxyl groups excluding tert-OH is 2. The number of hydrogen-bond acceptors (Lipinski definition) is 4. The summed E-state index contributed by atoms with van der Waals surface area (Å²) in [4.78, 5) is 0. The van der Waals surface area contributed by atoms with Gasteiger partial charge in [-0.25, -0.2) is 0 Å². The topological polar surface area (TPSA) is 84.3 Å². The fourth-order valence-electron chi connectivity index (χ4n) is 1.05. The summed E-state index contributed by atoms with van der Waals surface area (Å²) in [6.45, 7) is 2.47. The molecule has 0 fully saturated rings. The average Bonchev–Trinajstić information content (AvgIpc) is 2.63. The molecule has 1 rings (SSSR count). The molecule has 0 saturated heterocycles. The van der Waals surface area contributed by atoms with Crippen molar-refractivity contribution in [1.82, 2.24) is 9.78 Å². The van der Waals surface area contributed by atoms with Crippen LogP contribution in [0.3, 0.4) is 0 Å². The summed E-state index contributed by atoms with van der Waals surface area (Å²) in [5, 5.41) is 22.3. The molecule has 0 spiro atoms. The Morgan fingerprint density at radius 1 is 1.69 bits per heavy atom. The first-order chi connectivity index (χ1) is 6.19. The minimum Gasteiger partial charge on any atom is -0.395 e. The quantitative estimate of drug-likeness (QED) is 0.576. The second-order valence-corrected chi connectivity index (χ2v) is 2.92. The van der Waals surface area contributed by atoms with Gasteiger partial charge in [-0.15, -0.1) is 0 Å². The molecule has 0 amide bonds. The van der Waals surface area contributed by atoms with Crippen LogP contribution in [0.5, 0.6) is 0 Å². The van der Waals surface area contributed by atoms with E-state index < -0.39 is 12.1 Å². The van der Waals surface area contributed by atoms with Crippen LogP contribution in [-0.4, -0.2) is 32.6 Å². The van der Waals surface area contributed by atoms with Gasteiger partial charge in [-0.05, 0) is 6.92 Å². The van der Waals surface area contributed by atoms with Crippen molar-refractivity contribution in [2.75, 3.05) is 6.61 Å². The Hall–Kier alpha value is -0.910. The van der Waals surface area contributed by atoms with Gasteiger partial charge in [-0.3, -0.25) is 4.68 Å². The molecule has 5 heteroatoms. The highest BCUT2D eigenvalue weighted by molar-refractivity contribution is 5.10. The number of nitrogens with two attached hydrogens (primary N) is 1. The minimum absolute atomic E-state index is 0.238. The van der Waals surface area contributed by atoms with E-state index in [-0.39, 0.29) is 6.61 Å². The summed E-state index contributed by atoms with van der Waals surface area (Å²) in [5.41, 5.74) is 6.10. The van der Waals surface area contributed by atoms with Gasteiger partial charge in [0.05, 0.1) is 24.9 Å². The van der Waals surface area contributed by atoms with Crippen molar-refractivity contribution in [1.29, 1.82) is 0 Å².